The quantitative estimate of drug-likeness (QED) is 0.927. The number of aryl methyl sites for hydroxylation is 2. The van der Waals surface area contributed by atoms with Crippen LogP contribution in [-0.4, -0.2) is 15.8 Å². The summed E-state index contributed by atoms with van der Waals surface area (Å²) in [6.07, 6.45) is 0.914. The summed E-state index contributed by atoms with van der Waals surface area (Å²) in [6, 6.07) is 10.7. The molecule has 18 heavy (non-hydrogen) atoms. The first kappa shape index (κ1) is 14.7. The summed E-state index contributed by atoms with van der Waals surface area (Å²) in [5.41, 5.74) is 10.4. The zero-order valence-electron chi connectivity index (χ0n) is 11.1. The molecule has 2 rings (SSSR count). The van der Waals surface area contributed by atoms with Gasteiger partial charge in [-0.3, -0.25) is 0 Å². The van der Waals surface area contributed by atoms with Gasteiger partial charge in [0.25, 0.3) is 0 Å². The summed E-state index contributed by atoms with van der Waals surface area (Å²) >= 11 is 0. The van der Waals surface area contributed by atoms with Crippen molar-refractivity contribution in [1.29, 1.82) is 0 Å². The van der Waals surface area contributed by atoms with Crippen LogP contribution in [-0.2, 0) is 6.42 Å². The molecule has 1 atom stereocenters. The van der Waals surface area contributed by atoms with Crippen LogP contribution in [0.2, 0.25) is 0 Å². The van der Waals surface area contributed by atoms with Crippen LogP contribution in [0.1, 0.15) is 23.9 Å². The highest BCUT2D eigenvalue weighted by atomic mass is 35.5. The minimum absolute atomic E-state index is 0. The Balaban J connectivity index is 0.00000162. The van der Waals surface area contributed by atoms with Gasteiger partial charge in [0, 0.05) is 11.7 Å². The van der Waals surface area contributed by atoms with Crippen LogP contribution in [0, 0.1) is 13.8 Å². The third kappa shape index (κ3) is 3.34. The standard InChI is InChI=1S/C14H19N3.ClH/c1-10(15)8-13-4-6-14(7-5-13)17-12(3)9-11(2)16-17;/h4-7,9-10H,8,15H2,1-3H3;1H. The average molecular weight is 266 g/mol. The lowest BCUT2D eigenvalue weighted by Gasteiger charge is -2.08. The molecule has 0 aliphatic heterocycles. The lowest BCUT2D eigenvalue weighted by molar-refractivity contribution is 0.737. The van der Waals surface area contributed by atoms with Crippen molar-refractivity contribution in [3.63, 3.8) is 0 Å². The maximum atomic E-state index is 5.78. The molecule has 0 amide bonds. The molecule has 0 saturated carbocycles. The van der Waals surface area contributed by atoms with Crippen LogP contribution in [0.15, 0.2) is 30.3 Å². The number of hydrogen-bond donors (Lipinski definition) is 1. The monoisotopic (exact) mass is 265 g/mol. The Morgan fingerprint density at radius 1 is 1.22 bits per heavy atom. The highest BCUT2D eigenvalue weighted by Crippen LogP contribution is 2.13. The minimum atomic E-state index is 0. The molecule has 98 valence electrons. The van der Waals surface area contributed by atoms with Crippen molar-refractivity contribution in [3.8, 4) is 5.69 Å². The van der Waals surface area contributed by atoms with E-state index in [2.05, 4.69) is 42.4 Å². The predicted octanol–water partition coefficient (Wildman–Crippen LogP) is 2.80. The number of rotatable bonds is 3. The van der Waals surface area contributed by atoms with Gasteiger partial charge < -0.3 is 5.73 Å². The van der Waals surface area contributed by atoms with E-state index in [1.54, 1.807) is 0 Å². The highest BCUT2D eigenvalue weighted by molar-refractivity contribution is 5.85. The van der Waals surface area contributed by atoms with E-state index in [-0.39, 0.29) is 18.4 Å². The van der Waals surface area contributed by atoms with E-state index >= 15 is 0 Å². The second kappa shape index (κ2) is 6.03. The van der Waals surface area contributed by atoms with Crippen molar-refractivity contribution in [1.82, 2.24) is 9.78 Å². The van der Waals surface area contributed by atoms with Crippen LogP contribution in [0.25, 0.3) is 5.69 Å². The van der Waals surface area contributed by atoms with Gasteiger partial charge in [-0.1, -0.05) is 12.1 Å². The van der Waals surface area contributed by atoms with E-state index in [0.29, 0.717) is 0 Å². The van der Waals surface area contributed by atoms with Crippen molar-refractivity contribution >= 4 is 12.4 Å². The first-order chi connectivity index (χ1) is 8.06. The SMILES string of the molecule is Cc1cc(C)n(-c2ccc(CC(C)N)cc2)n1.Cl. The van der Waals surface area contributed by atoms with Gasteiger partial charge in [0.05, 0.1) is 11.4 Å². The Hall–Kier alpha value is -1.32. The Morgan fingerprint density at radius 3 is 2.28 bits per heavy atom. The number of nitrogens with two attached hydrogens (primary N) is 1. The van der Waals surface area contributed by atoms with Crippen LogP contribution >= 0.6 is 12.4 Å². The van der Waals surface area contributed by atoms with E-state index in [1.165, 1.54) is 5.56 Å². The van der Waals surface area contributed by atoms with Crippen molar-refractivity contribution in [2.24, 2.45) is 5.73 Å². The summed E-state index contributed by atoms with van der Waals surface area (Å²) in [5.74, 6) is 0. The molecule has 4 heteroatoms. The fourth-order valence-electron chi connectivity index (χ4n) is 2.04. The summed E-state index contributed by atoms with van der Waals surface area (Å²) in [7, 11) is 0. The minimum Gasteiger partial charge on any atom is -0.328 e. The molecule has 0 aliphatic carbocycles. The Morgan fingerprint density at radius 2 is 1.83 bits per heavy atom. The molecule has 3 nitrogen and oxygen atoms in total. The van der Waals surface area contributed by atoms with Gasteiger partial charge in [-0.15, -0.1) is 12.4 Å². The van der Waals surface area contributed by atoms with Gasteiger partial charge in [0.2, 0.25) is 0 Å². The fraction of sp³-hybridized carbons (Fsp3) is 0.357. The number of nitrogens with zero attached hydrogens (tertiary/aromatic N) is 2. The molecule has 1 aromatic carbocycles. The zero-order chi connectivity index (χ0) is 12.4. The summed E-state index contributed by atoms with van der Waals surface area (Å²) in [6.45, 7) is 6.10. The molecular formula is C14H20ClN3. The smallest absolute Gasteiger partial charge is 0.0648 e. The first-order valence-electron chi connectivity index (χ1n) is 5.94. The molecule has 1 heterocycles. The van der Waals surface area contributed by atoms with Gasteiger partial charge in [0.15, 0.2) is 0 Å². The number of benzene rings is 1. The third-order valence-corrected chi connectivity index (χ3v) is 2.75. The Bertz CT molecular complexity index is 500. The first-order valence-corrected chi connectivity index (χ1v) is 5.94. The van der Waals surface area contributed by atoms with E-state index < -0.39 is 0 Å². The van der Waals surface area contributed by atoms with Crippen molar-refractivity contribution < 1.29 is 0 Å². The van der Waals surface area contributed by atoms with Crippen LogP contribution < -0.4 is 5.73 Å². The average Bonchev–Trinajstić information content (AvgIpc) is 2.58. The maximum absolute atomic E-state index is 5.78. The van der Waals surface area contributed by atoms with Crippen molar-refractivity contribution in [3.05, 3.63) is 47.3 Å². The lowest BCUT2D eigenvalue weighted by atomic mass is 10.1. The topological polar surface area (TPSA) is 43.8 Å². The third-order valence-electron chi connectivity index (χ3n) is 2.75. The summed E-state index contributed by atoms with van der Waals surface area (Å²) < 4.78 is 1.96. The molecule has 0 aliphatic rings. The van der Waals surface area contributed by atoms with Crippen LogP contribution in [0.3, 0.4) is 0 Å². The molecule has 2 aromatic rings. The van der Waals surface area contributed by atoms with E-state index in [9.17, 15) is 0 Å². The number of aromatic nitrogens is 2. The molecule has 0 spiro atoms. The Labute approximate surface area is 114 Å². The van der Waals surface area contributed by atoms with Gasteiger partial charge in [0.1, 0.15) is 0 Å². The normalized spacial score (nSPS) is 12.0. The van der Waals surface area contributed by atoms with Crippen LogP contribution in [0.4, 0.5) is 0 Å². The molecular weight excluding hydrogens is 246 g/mol. The van der Waals surface area contributed by atoms with E-state index in [1.807, 2.05) is 18.5 Å². The largest absolute Gasteiger partial charge is 0.328 e. The van der Waals surface area contributed by atoms with Gasteiger partial charge in [-0.25, -0.2) is 4.68 Å². The molecule has 1 aromatic heterocycles. The molecule has 2 N–H and O–H groups in total. The zero-order valence-corrected chi connectivity index (χ0v) is 11.9. The Kier molecular flexibility index (Phi) is 4.93. The van der Waals surface area contributed by atoms with Gasteiger partial charge in [-0.2, -0.15) is 5.10 Å². The summed E-state index contributed by atoms with van der Waals surface area (Å²) in [5, 5.41) is 4.46. The second-order valence-corrected chi connectivity index (χ2v) is 4.69. The van der Waals surface area contributed by atoms with Crippen molar-refractivity contribution in [2.45, 2.75) is 33.2 Å². The lowest BCUT2D eigenvalue weighted by Crippen LogP contribution is -2.17. The van der Waals surface area contributed by atoms with Crippen LogP contribution in [0.5, 0.6) is 0 Å². The van der Waals surface area contributed by atoms with Crippen molar-refractivity contribution in [2.75, 3.05) is 0 Å². The second-order valence-electron chi connectivity index (χ2n) is 4.69. The number of halogens is 1. The highest BCUT2D eigenvalue weighted by Gasteiger charge is 2.04. The van der Waals surface area contributed by atoms with E-state index in [4.69, 9.17) is 5.73 Å². The molecule has 0 bridgehead atoms. The van der Waals surface area contributed by atoms with Gasteiger partial charge in [-0.05, 0) is 51.0 Å². The molecule has 1 unspecified atom stereocenters. The molecule has 0 saturated heterocycles. The van der Waals surface area contributed by atoms with E-state index in [0.717, 1.165) is 23.5 Å². The predicted molar refractivity (Wildman–Crippen MR) is 77.6 cm³/mol. The fourth-order valence-corrected chi connectivity index (χ4v) is 2.04. The molecule has 0 fully saturated rings. The maximum Gasteiger partial charge on any atom is 0.0648 e. The molecule has 0 radical (unpaired) electrons. The summed E-state index contributed by atoms with van der Waals surface area (Å²) in [4.78, 5) is 0. The number of hydrogen-bond acceptors (Lipinski definition) is 2. The van der Waals surface area contributed by atoms with Gasteiger partial charge >= 0.3 is 0 Å².